The van der Waals surface area contributed by atoms with Crippen LogP contribution < -0.4 is 10.1 Å². The molecule has 5 heteroatoms. The third-order valence-corrected chi connectivity index (χ3v) is 4.13. The Kier molecular flexibility index (Phi) is 5.99. The van der Waals surface area contributed by atoms with Crippen LogP contribution in [-0.2, 0) is 13.0 Å². The molecule has 1 heterocycles. The van der Waals surface area contributed by atoms with Gasteiger partial charge in [0.2, 0.25) is 5.13 Å². The molecule has 0 spiro atoms. The number of nitrogens with zero attached hydrogens (tertiary/aromatic N) is 2. The second kappa shape index (κ2) is 7.98. The number of benzene rings is 1. The summed E-state index contributed by atoms with van der Waals surface area (Å²) in [6, 6.07) is 8.21. The molecule has 1 aromatic carbocycles. The summed E-state index contributed by atoms with van der Waals surface area (Å²) in [5, 5.41) is 13.4. The molecule has 1 aromatic heterocycles. The zero-order valence-corrected chi connectivity index (χ0v) is 13.7. The number of aromatic nitrogens is 2. The number of rotatable bonds is 8. The van der Waals surface area contributed by atoms with Gasteiger partial charge in [-0.2, -0.15) is 0 Å². The molecule has 0 radical (unpaired) electrons. The molecule has 0 saturated carbocycles. The lowest BCUT2D eigenvalue weighted by Crippen LogP contribution is -2.02. The Morgan fingerprint density at radius 3 is 2.57 bits per heavy atom. The largest absolute Gasteiger partial charge is 0.494 e. The molecule has 0 amide bonds. The Labute approximate surface area is 130 Å². The highest BCUT2D eigenvalue weighted by Crippen LogP contribution is 2.18. The number of hydrogen-bond donors (Lipinski definition) is 1. The molecule has 4 nitrogen and oxygen atoms in total. The van der Waals surface area contributed by atoms with Gasteiger partial charge >= 0.3 is 0 Å². The van der Waals surface area contributed by atoms with Gasteiger partial charge in [-0.15, -0.1) is 10.2 Å². The van der Waals surface area contributed by atoms with Gasteiger partial charge in [0, 0.05) is 6.54 Å². The Hall–Kier alpha value is -1.62. The average Bonchev–Trinajstić information content (AvgIpc) is 2.94. The second-order valence-corrected chi connectivity index (χ2v) is 6.45. The molecule has 0 aliphatic heterocycles. The SMILES string of the molecule is CCc1nnc(NCc2ccc(OCCC(C)C)cc2)s1. The highest BCUT2D eigenvalue weighted by molar-refractivity contribution is 7.15. The first-order valence-electron chi connectivity index (χ1n) is 7.45. The van der Waals surface area contributed by atoms with Gasteiger partial charge < -0.3 is 10.1 Å². The molecular formula is C16H23N3OS. The first kappa shape index (κ1) is 15.8. The minimum atomic E-state index is 0.674. The van der Waals surface area contributed by atoms with Gasteiger partial charge in [0.25, 0.3) is 0 Å². The number of nitrogens with one attached hydrogen (secondary N) is 1. The van der Waals surface area contributed by atoms with Gasteiger partial charge in [0.15, 0.2) is 0 Å². The van der Waals surface area contributed by atoms with Gasteiger partial charge in [0.1, 0.15) is 10.8 Å². The van der Waals surface area contributed by atoms with E-state index in [1.807, 2.05) is 12.1 Å². The lowest BCUT2D eigenvalue weighted by Gasteiger charge is -2.09. The molecule has 0 bridgehead atoms. The molecule has 0 unspecified atom stereocenters. The summed E-state index contributed by atoms with van der Waals surface area (Å²) in [7, 11) is 0. The molecule has 0 fully saturated rings. The number of anilines is 1. The summed E-state index contributed by atoms with van der Waals surface area (Å²) < 4.78 is 5.71. The number of aryl methyl sites for hydroxylation is 1. The summed E-state index contributed by atoms with van der Waals surface area (Å²) in [6.07, 6.45) is 2.02. The van der Waals surface area contributed by atoms with Crippen molar-refractivity contribution < 1.29 is 4.74 Å². The molecular weight excluding hydrogens is 282 g/mol. The Balaban J connectivity index is 1.79. The van der Waals surface area contributed by atoms with Gasteiger partial charge in [-0.05, 0) is 36.5 Å². The summed E-state index contributed by atoms with van der Waals surface area (Å²) in [5.41, 5.74) is 1.21. The molecule has 2 rings (SSSR count). The van der Waals surface area contributed by atoms with Crippen LogP contribution in [0.25, 0.3) is 0 Å². The van der Waals surface area contributed by atoms with Crippen molar-refractivity contribution in [2.75, 3.05) is 11.9 Å². The fraction of sp³-hybridized carbons (Fsp3) is 0.500. The smallest absolute Gasteiger partial charge is 0.205 e. The van der Waals surface area contributed by atoms with E-state index < -0.39 is 0 Å². The van der Waals surface area contributed by atoms with Crippen LogP contribution in [0.4, 0.5) is 5.13 Å². The molecule has 1 N–H and O–H groups in total. The van der Waals surface area contributed by atoms with Crippen molar-refractivity contribution >= 4 is 16.5 Å². The maximum Gasteiger partial charge on any atom is 0.205 e. The van der Waals surface area contributed by atoms with E-state index in [9.17, 15) is 0 Å². The van der Waals surface area contributed by atoms with E-state index in [1.54, 1.807) is 11.3 Å². The highest BCUT2D eigenvalue weighted by Gasteiger charge is 2.02. The van der Waals surface area contributed by atoms with Crippen molar-refractivity contribution in [3.05, 3.63) is 34.8 Å². The summed E-state index contributed by atoms with van der Waals surface area (Å²) in [4.78, 5) is 0. The van der Waals surface area contributed by atoms with Crippen LogP contribution in [0, 0.1) is 5.92 Å². The maximum atomic E-state index is 5.71. The minimum absolute atomic E-state index is 0.674. The van der Waals surface area contributed by atoms with E-state index in [0.717, 1.165) is 41.9 Å². The normalized spacial score (nSPS) is 10.9. The standard InChI is InChI=1S/C16H23N3OS/c1-4-15-18-19-16(21-15)17-11-13-5-7-14(8-6-13)20-10-9-12(2)3/h5-8,12H,4,9-11H2,1-3H3,(H,17,19). The van der Waals surface area contributed by atoms with E-state index in [0.29, 0.717) is 5.92 Å². The number of hydrogen-bond acceptors (Lipinski definition) is 5. The third-order valence-electron chi connectivity index (χ3n) is 3.10. The maximum absolute atomic E-state index is 5.71. The molecule has 114 valence electrons. The molecule has 2 aromatic rings. The third kappa shape index (κ3) is 5.34. The van der Waals surface area contributed by atoms with Crippen LogP contribution in [-0.4, -0.2) is 16.8 Å². The zero-order valence-electron chi connectivity index (χ0n) is 12.9. The molecule has 0 atom stereocenters. The van der Waals surface area contributed by atoms with Crippen LogP contribution in [0.5, 0.6) is 5.75 Å². The number of ether oxygens (including phenoxy) is 1. The van der Waals surface area contributed by atoms with E-state index in [-0.39, 0.29) is 0 Å². The lowest BCUT2D eigenvalue weighted by atomic mass is 10.1. The van der Waals surface area contributed by atoms with Crippen molar-refractivity contribution in [2.45, 2.75) is 40.2 Å². The van der Waals surface area contributed by atoms with E-state index in [1.165, 1.54) is 5.56 Å². The van der Waals surface area contributed by atoms with Crippen LogP contribution in [0.1, 0.15) is 37.8 Å². The first-order chi connectivity index (χ1) is 10.2. The first-order valence-corrected chi connectivity index (χ1v) is 8.27. The van der Waals surface area contributed by atoms with Crippen LogP contribution in [0.2, 0.25) is 0 Å². The molecule has 0 aliphatic carbocycles. The average molecular weight is 305 g/mol. The Morgan fingerprint density at radius 1 is 1.19 bits per heavy atom. The van der Waals surface area contributed by atoms with Gasteiger partial charge in [-0.25, -0.2) is 0 Å². The Bertz CT molecular complexity index is 537. The fourth-order valence-electron chi connectivity index (χ4n) is 1.76. The minimum Gasteiger partial charge on any atom is -0.494 e. The monoisotopic (exact) mass is 305 g/mol. The topological polar surface area (TPSA) is 47.0 Å². The Morgan fingerprint density at radius 2 is 1.95 bits per heavy atom. The highest BCUT2D eigenvalue weighted by atomic mass is 32.1. The van der Waals surface area contributed by atoms with Crippen molar-refractivity contribution in [3.63, 3.8) is 0 Å². The van der Waals surface area contributed by atoms with Crippen molar-refractivity contribution in [2.24, 2.45) is 5.92 Å². The fourth-order valence-corrected chi connectivity index (χ4v) is 2.44. The molecule has 0 aliphatic rings. The van der Waals surface area contributed by atoms with Gasteiger partial charge in [0.05, 0.1) is 6.61 Å². The lowest BCUT2D eigenvalue weighted by molar-refractivity contribution is 0.289. The van der Waals surface area contributed by atoms with E-state index in [4.69, 9.17) is 4.74 Å². The summed E-state index contributed by atoms with van der Waals surface area (Å²) in [5.74, 6) is 1.61. The molecule has 0 saturated heterocycles. The van der Waals surface area contributed by atoms with Crippen molar-refractivity contribution in [3.8, 4) is 5.75 Å². The van der Waals surface area contributed by atoms with Gasteiger partial charge in [-0.1, -0.05) is 44.2 Å². The quantitative estimate of drug-likeness (QED) is 0.796. The summed E-state index contributed by atoms with van der Waals surface area (Å²) in [6.45, 7) is 8.03. The molecule has 21 heavy (non-hydrogen) atoms. The van der Waals surface area contributed by atoms with Crippen molar-refractivity contribution in [1.29, 1.82) is 0 Å². The van der Waals surface area contributed by atoms with E-state index in [2.05, 4.69) is 48.4 Å². The zero-order chi connectivity index (χ0) is 15.1. The van der Waals surface area contributed by atoms with Crippen LogP contribution in [0.3, 0.4) is 0 Å². The second-order valence-electron chi connectivity index (χ2n) is 5.38. The van der Waals surface area contributed by atoms with Crippen LogP contribution >= 0.6 is 11.3 Å². The van der Waals surface area contributed by atoms with Crippen LogP contribution in [0.15, 0.2) is 24.3 Å². The predicted molar refractivity (Wildman–Crippen MR) is 88.0 cm³/mol. The predicted octanol–water partition coefficient (Wildman–Crippen LogP) is 4.14. The summed E-state index contributed by atoms with van der Waals surface area (Å²) >= 11 is 1.61. The van der Waals surface area contributed by atoms with Crippen molar-refractivity contribution in [1.82, 2.24) is 10.2 Å². The van der Waals surface area contributed by atoms with Gasteiger partial charge in [-0.3, -0.25) is 0 Å². The van der Waals surface area contributed by atoms with E-state index >= 15 is 0 Å².